The first-order valence-electron chi connectivity index (χ1n) is 6.48. The summed E-state index contributed by atoms with van der Waals surface area (Å²) in [7, 11) is 0. The number of primary amides is 1. The van der Waals surface area contributed by atoms with Crippen LogP contribution < -0.4 is 11.1 Å². The van der Waals surface area contributed by atoms with E-state index in [1.165, 1.54) is 11.8 Å². The third-order valence-electron chi connectivity index (χ3n) is 2.71. The number of hydrogen-bond donors (Lipinski definition) is 2. The minimum Gasteiger partial charge on any atom is -0.369 e. The van der Waals surface area contributed by atoms with E-state index < -0.39 is 0 Å². The maximum atomic E-state index is 12.0. The fourth-order valence-electron chi connectivity index (χ4n) is 1.80. The number of amides is 2. The van der Waals surface area contributed by atoms with Gasteiger partial charge in [0.1, 0.15) is 0 Å². The third kappa shape index (κ3) is 5.31. The Hall–Kier alpha value is -2.27. The van der Waals surface area contributed by atoms with Crippen LogP contribution in [0.2, 0.25) is 0 Å². The van der Waals surface area contributed by atoms with Gasteiger partial charge in [-0.15, -0.1) is 11.8 Å². The summed E-state index contributed by atoms with van der Waals surface area (Å²) in [5.74, 6) is -0.210. The zero-order valence-corrected chi connectivity index (χ0v) is 12.2. The number of nitrogens with two attached hydrogens (primary N) is 1. The highest BCUT2D eigenvalue weighted by molar-refractivity contribution is 8.00. The standard InChI is InChI=1S/C16H16N2O2S/c17-15(19)11-21-14-8-4-7-13(10-14)18-16(20)9-12-5-2-1-3-6-12/h1-8,10H,9,11H2,(H2,17,19)(H,18,20). The lowest BCUT2D eigenvalue weighted by atomic mass is 10.1. The average molecular weight is 300 g/mol. The maximum absolute atomic E-state index is 12.0. The fraction of sp³-hybridized carbons (Fsp3) is 0.125. The molecular weight excluding hydrogens is 284 g/mol. The molecule has 0 aliphatic heterocycles. The normalized spacial score (nSPS) is 10.1. The van der Waals surface area contributed by atoms with E-state index in [2.05, 4.69) is 5.32 Å². The maximum Gasteiger partial charge on any atom is 0.228 e. The smallest absolute Gasteiger partial charge is 0.228 e. The zero-order valence-electron chi connectivity index (χ0n) is 11.4. The van der Waals surface area contributed by atoms with E-state index in [4.69, 9.17) is 5.73 Å². The van der Waals surface area contributed by atoms with Gasteiger partial charge < -0.3 is 11.1 Å². The van der Waals surface area contributed by atoms with Crippen LogP contribution in [0.3, 0.4) is 0 Å². The number of thioether (sulfide) groups is 1. The lowest BCUT2D eigenvalue weighted by molar-refractivity contribution is -0.116. The van der Waals surface area contributed by atoms with E-state index in [9.17, 15) is 9.59 Å². The summed E-state index contributed by atoms with van der Waals surface area (Å²) in [6, 6.07) is 16.9. The quantitative estimate of drug-likeness (QED) is 0.805. The number of anilines is 1. The van der Waals surface area contributed by atoms with Crippen molar-refractivity contribution in [3.05, 3.63) is 60.2 Å². The van der Waals surface area contributed by atoms with Crippen molar-refractivity contribution in [2.45, 2.75) is 11.3 Å². The van der Waals surface area contributed by atoms with Crippen LogP contribution in [0.4, 0.5) is 5.69 Å². The first-order chi connectivity index (χ1) is 10.1. The minimum absolute atomic E-state index is 0.0711. The van der Waals surface area contributed by atoms with Gasteiger partial charge in [-0.25, -0.2) is 0 Å². The van der Waals surface area contributed by atoms with Gasteiger partial charge in [0, 0.05) is 10.6 Å². The predicted octanol–water partition coefficient (Wildman–Crippen LogP) is 2.45. The Balaban J connectivity index is 1.94. The van der Waals surface area contributed by atoms with Gasteiger partial charge in [-0.1, -0.05) is 36.4 Å². The lowest BCUT2D eigenvalue weighted by Crippen LogP contribution is -2.14. The second-order valence-electron chi connectivity index (χ2n) is 4.49. The third-order valence-corrected chi connectivity index (χ3v) is 3.72. The Morgan fingerprint density at radius 3 is 2.52 bits per heavy atom. The molecule has 4 nitrogen and oxygen atoms in total. The molecule has 0 atom stereocenters. The van der Waals surface area contributed by atoms with Crippen LogP contribution in [0.15, 0.2) is 59.5 Å². The molecule has 0 aliphatic carbocycles. The van der Waals surface area contributed by atoms with Crippen molar-refractivity contribution >= 4 is 29.3 Å². The molecule has 0 bridgehead atoms. The molecule has 0 aliphatic rings. The first-order valence-corrected chi connectivity index (χ1v) is 7.47. The zero-order chi connectivity index (χ0) is 15.1. The molecule has 0 saturated carbocycles. The van der Waals surface area contributed by atoms with E-state index in [0.29, 0.717) is 12.1 Å². The predicted molar refractivity (Wildman–Crippen MR) is 85.1 cm³/mol. The van der Waals surface area contributed by atoms with Gasteiger partial charge in [0.25, 0.3) is 0 Å². The molecule has 0 fully saturated rings. The Bertz CT molecular complexity index is 629. The molecular formula is C16H16N2O2S. The molecule has 3 N–H and O–H groups in total. The van der Waals surface area contributed by atoms with Crippen LogP contribution in [0.5, 0.6) is 0 Å². The number of carbonyl (C=O) groups is 2. The van der Waals surface area contributed by atoms with Crippen LogP contribution in [-0.2, 0) is 16.0 Å². The highest BCUT2D eigenvalue weighted by Gasteiger charge is 2.05. The number of nitrogens with one attached hydrogen (secondary N) is 1. The van der Waals surface area contributed by atoms with Gasteiger partial charge >= 0.3 is 0 Å². The van der Waals surface area contributed by atoms with Gasteiger partial charge in [-0.2, -0.15) is 0 Å². The molecule has 0 unspecified atom stereocenters. The van der Waals surface area contributed by atoms with E-state index in [1.807, 2.05) is 54.6 Å². The number of hydrogen-bond acceptors (Lipinski definition) is 3. The van der Waals surface area contributed by atoms with Crippen molar-refractivity contribution in [1.82, 2.24) is 0 Å². The second kappa shape index (κ2) is 7.50. The van der Waals surface area contributed by atoms with Crippen LogP contribution in [-0.4, -0.2) is 17.6 Å². The molecule has 21 heavy (non-hydrogen) atoms. The molecule has 0 heterocycles. The van der Waals surface area contributed by atoms with Crippen LogP contribution in [0, 0.1) is 0 Å². The van der Waals surface area contributed by atoms with Crippen molar-refractivity contribution in [3.63, 3.8) is 0 Å². The first kappa shape index (κ1) is 15.1. The Kier molecular flexibility index (Phi) is 5.40. The molecule has 0 spiro atoms. The van der Waals surface area contributed by atoms with E-state index in [-0.39, 0.29) is 17.6 Å². The summed E-state index contributed by atoms with van der Waals surface area (Å²) in [5, 5.41) is 2.85. The van der Waals surface area contributed by atoms with E-state index in [1.54, 1.807) is 0 Å². The fourth-order valence-corrected chi connectivity index (χ4v) is 2.50. The molecule has 2 rings (SSSR count). The highest BCUT2D eigenvalue weighted by atomic mass is 32.2. The van der Waals surface area contributed by atoms with Crippen LogP contribution in [0.25, 0.3) is 0 Å². The van der Waals surface area contributed by atoms with Gasteiger partial charge in [-0.05, 0) is 23.8 Å². The Morgan fingerprint density at radius 1 is 1.05 bits per heavy atom. The molecule has 5 heteroatoms. The summed E-state index contributed by atoms with van der Waals surface area (Å²) in [6.45, 7) is 0. The largest absolute Gasteiger partial charge is 0.369 e. The van der Waals surface area contributed by atoms with E-state index >= 15 is 0 Å². The van der Waals surface area contributed by atoms with Crippen molar-refractivity contribution in [1.29, 1.82) is 0 Å². The molecule has 2 aromatic carbocycles. The van der Waals surface area contributed by atoms with Gasteiger partial charge in [0.2, 0.25) is 11.8 Å². The van der Waals surface area contributed by atoms with Crippen molar-refractivity contribution in [2.24, 2.45) is 5.73 Å². The second-order valence-corrected chi connectivity index (χ2v) is 5.54. The topological polar surface area (TPSA) is 72.2 Å². The average Bonchev–Trinajstić information content (AvgIpc) is 2.46. The number of carbonyl (C=O) groups excluding carboxylic acids is 2. The number of benzene rings is 2. The molecule has 2 amide bonds. The molecule has 108 valence electrons. The van der Waals surface area contributed by atoms with Gasteiger partial charge in [0.15, 0.2) is 0 Å². The molecule has 2 aromatic rings. The van der Waals surface area contributed by atoms with Crippen LogP contribution in [0.1, 0.15) is 5.56 Å². The molecule has 0 saturated heterocycles. The Labute approximate surface area is 127 Å². The van der Waals surface area contributed by atoms with Crippen molar-refractivity contribution in [3.8, 4) is 0 Å². The van der Waals surface area contributed by atoms with Crippen LogP contribution >= 0.6 is 11.8 Å². The van der Waals surface area contributed by atoms with Gasteiger partial charge in [-0.3, -0.25) is 9.59 Å². The lowest BCUT2D eigenvalue weighted by Gasteiger charge is -2.07. The SMILES string of the molecule is NC(=O)CSc1cccc(NC(=O)Cc2ccccc2)c1. The summed E-state index contributed by atoms with van der Waals surface area (Å²) >= 11 is 1.35. The number of rotatable bonds is 6. The van der Waals surface area contributed by atoms with Crippen molar-refractivity contribution < 1.29 is 9.59 Å². The Morgan fingerprint density at radius 2 is 1.81 bits per heavy atom. The summed E-state index contributed by atoms with van der Waals surface area (Å²) in [6.07, 6.45) is 0.333. The highest BCUT2D eigenvalue weighted by Crippen LogP contribution is 2.21. The summed E-state index contributed by atoms with van der Waals surface area (Å²) < 4.78 is 0. The molecule has 0 radical (unpaired) electrons. The monoisotopic (exact) mass is 300 g/mol. The summed E-state index contributed by atoms with van der Waals surface area (Å²) in [4.78, 5) is 23.6. The van der Waals surface area contributed by atoms with Crippen molar-refractivity contribution in [2.75, 3.05) is 11.1 Å². The van der Waals surface area contributed by atoms with E-state index in [0.717, 1.165) is 10.5 Å². The van der Waals surface area contributed by atoms with Gasteiger partial charge in [0.05, 0.1) is 12.2 Å². The summed E-state index contributed by atoms with van der Waals surface area (Å²) in [5.41, 5.74) is 6.80. The minimum atomic E-state index is -0.362. The molecule has 0 aromatic heterocycles.